The van der Waals surface area contributed by atoms with Gasteiger partial charge in [0.1, 0.15) is 5.82 Å². The number of benzene rings is 2. The first kappa shape index (κ1) is 20.8. The van der Waals surface area contributed by atoms with Crippen molar-refractivity contribution in [2.45, 2.75) is 17.7 Å². The van der Waals surface area contributed by atoms with Crippen molar-refractivity contribution in [3.8, 4) is 0 Å². The van der Waals surface area contributed by atoms with Crippen LogP contribution in [0.3, 0.4) is 0 Å². The maximum atomic E-state index is 13.0. The summed E-state index contributed by atoms with van der Waals surface area (Å²) in [4.78, 5) is 22.5. The minimum atomic E-state index is -0.230. The van der Waals surface area contributed by atoms with Gasteiger partial charge in [0.25, 0.3) is 0 Å². The van der Waals surface area contributed by atoms with Crippen LogP contribution in [0.5, 0.6) is 0 Å². The number of thiazole rings is 1. The number of rotatable bonds is 9. The van der Waals surface area contributed by atoms with Crippen LogP contribution in [0.2, 0.25) is 0 Å². The zero-order valence-electron chi connectivity index (χ0n) is 16.1. The van der Waals surface area contributed by atoms with E-state index in [1.165, 1.54) is 12.1 Å². The van der Waals surface area contributed by atoms with E-state index in [-0.39, 0.29) is 11.7 Å². The van der Waals surface area contributed by atoms with Gasteiger partial charge in [0.05, 0.1) is 10.2 Å². The number of fused-ring (bicyclic) bond motifs is 1. The molecule has 2 aromatic carbocycles. The highest BCUT2D eigenvalue weighted by Crippen LogP contribution is 2.29. The van der Waals surface area contributed by atoms with E-state index in [2.05, 4.69) is 9.88 Å². The van der Waals surface area contributed by atoms with Crippen LogP contribution < -0.4 is 4.90 Å². The number of likely N-dealkylation sites (N-methyl/N-ethyl adjacent to an activating group) is 1. The normalized spacial score (nSPS) is 11.3. The molecule has 0 saturated carbocycles. The summed E-state index contributed by atoms with van der Waals surface area (Å²) >= 11 is 3.20. The Labute approximate surface area is 173 Å². The molecule has 0 unspecified atom stereocenters. The molecule has 0 aliphatic heterocycles. The predicted octanol–water partition coefficient (Wildman–Crippen LogP) is 4.90. The van der Waals surface area contributed by atoms with Crippen molar-refractivity contribution < 1.29 is 9.18 Å². The number of hydrogen-bond donors (Lipinski definition) is 0. The zero-order valence-corrected chi connectivity index (χ0v) is 17.7. The molecule has 3 rings (SSSR count). The third-order valence-corrected chi connectivity index (χ3v) is 6.36. The van der Waals surface area contributed by atoms with E-state index in [1.54, 1.807) is 35.2 Å². The van der Waals surface area contributed by atoms with E-state index in [0.29, 0.717) is 13.0 Å². The number of carbonyl (C=O) groups excluding carboxylic acids is 1. The molecule has 0 N–H and O–H groups in total. The van der Waals surface area contributed by atoms with E-state index in [1.807, 2.05) is 43.3 Å². The maximum absolute atomic E-state index is 13.0. The van der Waals surface area contributed by atoms with Crippen molar-refractivity contribution in [3.05, 3.63) is 54.3 Å². The molecule has 0 saturated heterocycles. The van der Waals surface area contributed by atoms with E-state index < -0.39 is 0 Å². The smallest absolute Gasteiger partial charge is 0.228 e. The quantitative estimate of drug-likeness (QED) is 0.366. The molecule has 7 heteroatoms. The Balaban J connectivity index is 1.60. The molecule has 3 aromatic rings. The number of carbonyl (C=O) groups is 1. The fourth-order valence-electron chi connectivity index (χ4n) is 2.68. The lowest BCUT2D eigenvalue weighted by atomic mass is 10.3. The van der Waals surface area contributed by atoms with Gasteiger partial charge < -0.3 is 4.90 Å². The molecule has 28 heavy (non-hydrogen) atoms. The first-order valence-corrected chi connectivity index (χ1v) is 11.0. The third kappa shape index (κ3) is 5.77. The van der Waals surface area contributed by atoms with Gasteiger partial charge >= 0.3 is 0 Å². The molecular weight excluding hydrogens is 393 g/mol. The Morgan fingerprint density at radius 3 is 2.57 bits per heavy atom. The number of aromatic nitrogens is 1. The topological polar surface area (TPSA) is 36.4 Å². The van der Waals surface area contributed by atoms with Crippen molar-refractivity contribution >= 4 is 44.4 Å². The van der Waals surface area contributed by atoms with E-state index in [0.717, 1.165) is 39.0 Å². The highest BCUT2D eigenvalue weighted by molar-refractivity contribution is 7.99. The van der Waals surface area contributed by atoms with E-state index in [9.17, 15) is 9.18 Å². The largest absolute Gasteiger partial charge is 0.308 e. The lowest BCUT2D eigenvalue weighted by molar-refractivity contribution is -0.118. The Morgan fingerprint density at radius 2 is 1.86 bits per heavy atom. The Morgan fingerprint density at radius 1 is 1.11 bits per heavy atom. The second-order valence-corrected chi connectivity index (χ2v) is 8.90. The number of hydrogen-bond acceptors (Lipinski definition) is 5. The SMILES string of the molecule is CN(C)CCN(C(=O)CCCSc1ccc(F)cc1)c1nc2ccccc2s1. The molecule has 0 aliphatic rings. The lowest BCUT2D eigenvalue weighted by Crippen LogP contribution is -2.36. The van der Waals surface area contributed by atoms with Gasteiger partial charge in [0.2, 0.25) is 5.91 Å². The summed E-state index contributed by atoms with van der Waals surface area (Å²) < 4.78 is 14.1. The van der Waals surface area contributed by atoms with Crippen molar-refractivity contribution in [2.24, 2.45) is 0 Å². The summed E-state index contributed by atoms with van der Waals surface area (Å²) in [6.07, 6.45) is 1.24. The van der Waals surface area contributed by atoms with Crippen molar-refractivity contribution in [2.75, 3.05) is 37.8 Å². The van der Waals surface area contributed by atoms with Crippen LogP contribution in [0.15, 0.2) is 53.4 Å². The van der Waals surface area contributed by atoms with Crippen molar-refractivity contribution in [3.63, 3.8) is 0 Å². The van der Waals surface area contributed by atoms with Gasteiger partial charge in [0, 0.05) is 24.4 Å². The average Bonchev–Trinajstić information content (AvgIpc) is 3.10. The van der Waals surface area contributed by atoms with Crippen LogP contribution in [-0.4, -0.2) is 48.7 Å². The number of nitrogens with zero attached hydrogens (tertiary/aromatic N) is 3. The van der Waals surface area contributed by atoms with Crippen molar-refractivity contribution in [1.29, 1.82) is 0 Å². The molecule has 0 aliphatic carbocycles. The molecule has 0 fully saturated rings. The summed E-state index contributed by atoms with van der Waals surface area (Å²) in [5, 5.41) is 0.763. The third-order valence-electron chi connectivity index (χ3n) is 4.20. The number of para-hydroxylation sites is 1. The number of halogens is 1. The van der Waals surface area contributed by atoms with Gasteiger partial charge in [-0.15, -0.1) is 11.8 Å². The van der Waals surface area contributed by atoms with Crippen LogP contribution in [-0.2, 0) is 4.79 Å². The Kier molecular flexibility index (Phi) is 7.42. The molecule has 0 atom stereocenters. The minimum absolute atomic E-state index is 0.0978. The first-order chi connectivity index (χ1) is 13.5. The fraction of sp³-hybridized carbons (Fsp3) is 0.333. The van der Waals surface area contributed by atoms with Crippen LogP contribution >= 0.6 is 23.1 Å². The number of amides is 1. The summed E-state index contributed by atoms with van der Waals surface area (Å²) in [6.45, 7) is 1.41. The van der Waals surface area contributed by atoms with Gasteiger partial charge in [-0.3, -0.25) is 9.69 Å². The molecule has 1 amide bonds. The summed E-state index contributed by atoms with van der Waals surface area (Å²) in [7, 11) is 4.00. The van der Waals surface area contributed by atoms with Crippen LogP contribution in [0, 0.1) is 5.82 Å². The van der Waals surface area contributed by atoms with E-state index in [4.69, 9.17) is 0 Å². The number of thioether (sulfide) groups is 1. The lowest BCUT2D eigenvalue weighted by Gasteiger charge is -2.22. The molecule has 0 spiro atoms. The van der Waals surface area contributed by atoms with Gasteiger partial charge in [-0.05, 0) is 62.7 Å². The Hall–Kier alpha value is -1.96. The molecule has 1 heterocycles. The summed E-state index contributed by atoms with van der Waals surface area (Å²) in [5.41, 5.74) is 0.928. The zero-order chi connectivity index (χ0) is 19.9. The first-order valence-electron chi connectivity index (χ1n) is 9.22. The summed E-state index contributed by atoms with van der Waals surface area (Å²) in [5.74, 6) is 0.686. The van der Waals surface area contributed by atoms with Crippen LogP contribution in [0.25, 0.3) is 10.2 Å². The number of anilines is 1. The fourth-order valence-corrected chi connectivity index (χ4v) is 4.54. The van der Waals surface area contributed by atoms with Gasteiger partial charge in [-0.1, -0.05) is 23.5 Å². The highest BCUT2D eigenvalue weighted by atomic mass is 32.2. The minimum Gasteiger partial charge on any atom is -0.308 e. The molecule has 4 nitrogen and oxygen atoms in total. The van der Waals surface area contributed by atoms with Gasteiger partial charge in [-0.2, -0.15) is 0 Å². The van der Waals surface area contributed by atoms with Crippen LogP contribution in [0.1, 0.15) is 12.8 Å². The second-order valence-electron chi connectivity index (χ2n) is 6.72. The van der Waals surface area contributed by atoms with Gasteiger partial charge in [0.15, 0.2) is 5.13 Å². The average molecular weight is 418 g/mol. The molecule has 0 radical (unpaired) electrons. The standard InChI is InChI=1S/C21H24FN3OS2/c1-24(2)13-14-25(21-23-18-6-3-4-7-19(18)28-21)20(26)8-5-15-27-17-11-9-16(22)10-12-17/h3-4,6-7,9-12H,5,8,13-15H2,1-2H3. The van der Waals surface area contributed by atoms with Crippen LogP contribution in [0.4, 0.5) is 9.52 Å². The molecular formula is C21H24FN3OS2. The molecule has 0 bridgehead atoms. The highest BCUT2D eigenvalue weighted by Gasteiger charge is 2.19. The van der Waals surface area contributed by atoms with E-state index >= 15 is 0 Å². The predicted molar refractivity (Wildman–Crippen MR) is 117 cm³/mol. The molecule has 1 aromatic heterocycles. The monoisotopic (exact) mass is 417 g/mol. The second kappa shape index (κ2) is 10.0. The molecule has 148 valence electrons. The summed E-state index contributed by atoms with van der Waals surface area (Å²) in [6, 6.07) is 14.4. The maximum Gasteiger partial charge on any atom is 0.228 e. The van der Waals surface area contributed by atoms with Gasteiger partial charge in [-0.25, -0.2) is 9.37 Å². The Bertz CT molecular complexity index is 878. The van der Waals surface area contributed by atoms with Crippen molar-refractivity contribution in [1.82, 2.24) is 9.88 Å².